The van der Waals surface area contributed by atoms with E-state index in [1.807, 2.05) is 0 Å². The zero-order valence-electron chi connectivity index (χ0n) is 15.3. The van der Waals surface area contributed by atoms with E-state index in [-0.39, 0.29) is 11.9 Å². The molecule has 1 aliphatic carbocycles. The summed E-state index contributed by atoms with van der Waals surface area (Å²) < 4.78 is 0. The van der Waals surface area contributed by atoms with E-state index in [1.54, 1.807) is 4.90 Å². The summed E-state index contributed by atoms with van der Waals surface area (Å²) in [5, 5.41) is 2.97. The summed E-state index contributed by atoms with van der Waals surface area (Å²) in [4.78, 5) is 28.8. The molecule has 2 fully saturated rings. The van der Waals surface area contributed by atoms with Crippen LogP contribution in [0.5, 0.6) is 0 Å². The lowest BCUT2D eigenvalue weighted by Crippen LogP contribution is -2.54. The molecule has 5 nitrogen and oxygen atoms in total. The number of aryl methyl sites for hydroxylation is 1. The molecule has 0 radical (unpaired) electrons. The van der Waals surface area contributed by atoms with Crippen LogP contribution in [0.15, 0.2) is 24.3 Å². The van der Waals surface area contributed by atoms with E-state index < -0.39 is 5.91 Å². The van der Waals surface area contributed by atoms with Gasteiger partial charge >= 0.3 is 11.8 Å². The highest BCUT2D eigenvalue weighted by Gasteiger charge is 2.29. The SMILES string of the molecule is Cc1cccc(N2CCN(C(=O)C(=O)NC3CCCCC3C)CC2)c1. The highest BCUT2D eigenvalue weighted by atomic mass is 16.2. The van der Waals surface area contributed by atoms with Gasteiger partial charge in [0.1, 0.15) is 0 Å². The molecule has 3 rings (SSSR count). The Morgan fingerprint density at radius 1 is 1.08 bits per heavy atom. The molecule has 1 N–H and O–H groups in total. The predicted molar refractivity (Wildman–Crippen MR) is 99.5 cm³/mol. The Balaban J connectivity index is 1.51. The molecule has 1 heterocycles. The van der Waals surface area contributed by atoms with Crippen molar-refractivity contribution in [2.45, 2.75) is 45.6 Å². The summed E-state index contributed by atoms with van der Waals surface area (Å²) in [5.74, 6) is -0.340. The van der Waals surface area contributed by atoms with Crippen LogP contribution in [-0.4, -0.2) is 48.9 Å². The van der Waals surface area contributed by atoms with Crippen LogP contribution in [0.4, 0.5) is 5.69 Å². The summed E-state index contributed by atoms with van der Waals surface area (Å²) in [6, 6.07) is 8.55. The molecule has 0 bridgehead atoms. The second-order valence-electron chi connectivity index (χ2n) is 7.46. The Morgan fingerprint density at radius 2 is 1.80 bits per heavy atom. The normalized spacial score (nSPS) is 24.1. The predicted octanol–water partition coefficient (Wildman–Crippen LogP) is 2.34. The minimum Gasteiger partial charge on any atom is -0.368 e. The first kappa shape index (κ1) is 17.8. The maximum Gasteiger partial charge on any atom is 0.312 e. The molecule has 1 saturated heterocycles. The van der Waals surface area contributed by atoms with E-state index in [2.05, 4.69) is 48.3 Å². The monoisotopic (exact) mass is 343 g/mol. The van der Waals surface area contributed by atoms with E-state index in [0.29, 0.717) is 19.0 Å². The van der Waals surface area contributed by atoms with Crippen molar-refractivity contribution in [3.05, 3.63) is 29.8 Å². The molecule has 0 aromatic heterocycles. The lowest BCUT2D eigenvalue weighted by molar-refractivity contribution is -0.146. The number of nitrogens with one attached hydrogen (secondary N) is 1. The first-order valence-electron chi connectivity index (χ1n) is 9.46. The van der Waals surface area contributed by atoms with Crippen molar-refractivity contribution in [1.82, 2.24) is 10.2 Å². The molecule has 0 spiro atoms. The third-order valence-electron chi connectivity index (χ3n) is 5.56. The van der Waals surface area contributed by atoms with Gasteiger partial charge < -0.3 is 15.1 Å². The van der Waals surface area contributed by atoms with Gasteiger partial charge in [-0.3, -0.25) is 9.59 Å². The number of hydrogen-bond donors (Lipinski definition) is 1. The Kier molecular flexibility index (Phi) is 5.61. The highest BCUT2D eigenvalue weighted by molar-refractivity contribution is 6.35. The Bertz CT molecular complexity index is 623. The second kappa shape index (κ2) is 7.89. The van der Waals surface area contributed by atoms with E-state index >= 15 is 0 Å². The van der Waals surface area contributed by atoms with Crippen molar-refractivity contribution in [3.63, 3.8) is 0 Å². The fourth-order valence-electron chi connectivity index (χ4n) is 3.90. The third kappa shape index (κ3) is 4.33. The molecule has 1 saturated carbocycles. The van der Waals surface area contributed by atoms with Gasteiger partial charge in [-0.05, 0) is 43.4 Å². The van der Waals surface area contributed by atoms with Crippen molar-refractivity contribution >= 4 is 17.5 Å². The van der Waals surface area contributed by atoms with E-state index in [1.165, 1.54) is 17.7 Å². The fraction of sp³-hybridized carbons (Fsp3) is 0.600. The van der Waals surface area contributed by atoms with Crippen LogP contribution in [0.2, 0.25) is 0 Å². The number of benzene rings is 1. The Morgan fingerprint density at radius 3 is 2.48 bits per heavy atom. The lowest BCUT2D eigenvalue weighted by Gasteiger charge is -2.36. The number of piperazine rings is 1. The number of anilines is 1. The van der Waals surface area contributed by atoms with Crippen LogP contribution >= 0.6 is 0 Å². The Hall–Kier alpha value is -2.04. The van der Waals surface area contributed by atoms with Crippen molar-refractivity contribution in [2.24, 2.45) is 5.92 Å². The first-order valence-corrected chi connectivity index (χ1v) is 9.46. The topological polar surface area (TPSA) is 52.7 Å². The van der Waals surface area contributed by atoms with Gasteiger partial charge in [-0.1, -0.05) is 31.9 Å². The number of nitrogens with zero attached hydrogens (tertiary/aromatic N) is 2. The van der Waals surface area contributed by atoms with Crippen LogP contribution in [0, 0.1) is 12.8 Å². The van der Waals surface area contributed by atoms with Gasteiger partial charge in [0.15, 0.2) is 0 Å². The minimum atomic E-state index is -0.428. The molecular weight excluding hydrogens is 314 g/mol. The lowest BCUT2D eigenvalue weighted by atomic mass is 9.86. The number of amides is 2. The van der Waals surface area contributed by atoms with Gasteiger partial charge in [-0.15, -0.1) is 0 Å². The molecule has 2 aliphatic rings. The zero-order valence-corrected chi connectivity index (χ0v) is 15.3. The van der Waals surface area contributed by atoms with Gasteiger partial charge in [0.2, 0.25) is 0 Å². The molecule has 1 aromatic carbocycles. The molecule has 136 valence electrons. The quantitative estimate of drug-likeness (QED) is 0.839. The largest absolute Gasteiger partial charge is 0.368 e. The van der Waals surface area contributed by atoms with Crippen LogP contribution in [0.25, 0.3) is 0 Å². The zero-order chi connectivity index (χ0) is 17.8. The Labute approximate surface area is 150 Å². The molecule has 25 heavy (non-hydrogen) atoms. The smallest absolute Gasteiger partial charge is 0.312 e. The summed E-state index contributed by atoms with van der Waals surface area (Å²) in [6.07, 6.45) is 4.48. The third-order valence-corrected chi connectivity index (χ3v) is 5.56. The first-order chi connectivity index (χ1) is 12.0. The number of hydrogen-bond acceptors (Lipinski definition) is 3. The maximum atomic E-state index is 12.5. The standard InChI is InChI=1S/C20H29N3O2/c1-15-6-5-8-17(14-15)22-10-12-23(13-11-22)20(25)19(24)21-18-9-4-3-7-16(18)2/h5-6,8,14,16,18H,3-4,7,9-13H2,1-2H3,(H,21,24). The number of carbonyl (C=O) groups excluding carboxylic acids is 2. The van der Waals surface area contributed by atoms with Crippen LogP contribution < -0.4 is 10.2 Å². The van der Waals surface area contributed by atoms with Gasteiger partial charge in [-0.25, -0.2) is 0 Å². The molecule has 1 aliphatic heterocycles. The van der Waals surface area contributed by atoms with Crippen molar-refractivity contribution < 1.29 is 9.59 Å². The van der Waals surface area contributed by atoms with Gasteiger partial charge in [0.25, 0.3) is 0 Å². The summed E-state index contributed by atoms with van der Waals surface area (Å²) in [7, 11) is 0. The molecule has 2 atom stereocenters. The van der Waals surface area contributed by atoms with Crippen LogP contribution in [-0.2, 0) is 9.59 Å². The van der Waals surface area contributed by atoms with Crippen molar-refractivity contribution in [1.29, 1.82) is 0 Å². The molecular formula is C20H29N3O2. The maximum absolute atomic E-state index is 12.5. The number of carbonyl (C=O) groups is 2. The molecule has 5 heteroatoms. The van der Waals surface area contributed by atoms with Crippen molar-refractivity contribution in [3.8, 4) is 0 Å². The summed E-state index contributed by atoms with van der Waals surface area (Å²) in [6.45, 7) is 6.97. The second-order valence-corrected chi connectivity index (χ2v) is 7.46. The van der Waals surface area contributed by atoms with E-state index in [4.69, 9.17) is 0 Å². The van der Waals surface area contributed by atoms with E-state index in [0.717, 1.165) is 32.4 Å². The van der Waals surface area contributed by atoms with E-state index in [9.17, 15) is 9.59 Å². The molecule has 2 amide bonds. The van der Waals surface area contributed by atoms with Crippen LogP contribution in [0.3, 0.4) is 0 Å². The van der Waals surface area contributed by atoms with Gasteiger partial charge in [0, 0.05) is 37.9 Å². The minimum absolute atomic E-state index is 0.152. The highest BCUT2D eigenvalue weighted by Crippen LogP contribution is 2.23. The van der Waals surface area contributed by atoms with Crippen LogP contribution in [0.1, 0.15) is 38.2 Å². The summed E-state index contributed by atoms with van der Waals surface area (Å²) in [5.41, 5.74) is 2.42. The van der Waals surface area contributed by atoms with Gasteiger partial charge in [-0.2, -0.15) is 0 Å². The fourth-order valence-corrected chi connectivity index (χ4v) is 3.90. The number of rotatable bonds is 2. The average molecular weight is 343 g/mol. The van der Waals surface area contributed by atoms with Gasteiger partial charge in [0.05, 0.1) is 0 Å². The van der Waals surface area contributed by atoms with Crippen molar-refractivity contribution in [2.75, 3.05) is 31.1 Å². The summed E-state index contributed by atoms with van der Waals surface area (Å²) >= 11 is 0. The molecule has 1 aromatic rings. The average Bonchev–Trinajstić information content (AvgIpc) is 2.63. The molecule has 2 unspecified atom stereocenters.